The maximum atomic E-state index is 12.5. The Hall–Kier alpha value is -3.69. The summed E-state index contributed by atoms with van der Waals surface area (Å²) in [6.45, 7) is 2.02. The molecule has 0 aliphatic carbocycles. The van der Waals surface area contributed by atoms with Crippen LogP contribution in [0.1, 0.15) is 27.0 Å². The van der Waals surface area contributed by atoms with Crippen molar-refractivity contribution < 1.29 is 18.0 Å². The number of benzene rings is 3. The predicted molar refractivity (Wildman–Crippen MR) is 125 cm³/mol. The number of rotatable bonds is 7. The number of urea groups is 1. The van der Waals surface area contributed by atoms with E-state index in [2.05, 4.69) is 16.0 Å². The molecule has 166 valence electrons. The van der Waals surface area contributed by atoms with Crippen LogP contribution in [-0.2, 0) is 22.3 Å². The van der Waals surface area contributed by atoms with E-state index >= 15 is 0 Å². The number of nitrogens with two attached hydrogens (primary N) is 1. The molecule has 0 saturated carbocycles. The zero-order valence-electron chi connectivity index (χ0n) is 17.5. The molecule has 32 heavy (non-hydrogen) atoms. The van der Waals surface area contributed by atoms with Crippen molar-refractivity contribution in [3.8, 4) is 0 Å². The number of hydrogen-bond donors (Lipinski definition) is 4. The van der Waals surface area contributed by atoms with Crippen molar-refractivity contribution in [1.82, 2.24) is 5.32 Å². The lowest BCUT2D eigenvalue weighted by Crippen LogP contribution is -2.28. The molecule has 0 spiro atoms. The van der Waals surface area contributed by atoms with Gasteiger partial charge in [-0.25, -0.2) is 18.4 Å². The number of carbonyl (C=O) groups is 2. The fourth-order valence-corrected chi connectivity index (χ4v) is 3.68. The molecular weight excluding hydrogens is 428 g/mol. The molecule has 0 atom stereocenters. The summed E-state index contributed by atoms with van der Waals surface area (Å²) >= 11 is 0. The highest BCUT2D eigenvalue weighted by Crippen LogP contribution is 2.18. The summed E-state index contributed by atoms with van der Waals surface area (Å²) in [4.78, 5) is 24.9. The van der Waals surface area contributed by atoms with Crippen LogP contribution >= 0.6 is 0 Å². The van der Waals surface area contributed by atoms with Crippen LogP contribution in [-0.4, -0.2) is 20.4 Å². The Morgan fingerprint density at radius 1 is 0.875 bits per heavy atom. The fourth-order valence-electron chi connectivity index (χ4n) is 3.03. The third-order valence-corrected chi connectivity index (χ3v) is 5.33. The number of carbonyl (C=O) groups excluding carboxylic acids is 2. The molecule has 0 bridgehead atoms. The van der Waals surface area contributed by atoms with Gasteiger partial charge in [0.05, 0.1) is 5.75 Å². The monoisotopic (exact) mass is 452 g/mol. The van der Waals surface area contributed by atoms with Crippen LogP contribution in [0.25, 0.3) is 0 Å². The van der Waals surface area contributed by atoms with E-state index in [1.165, 1.54) is 0 Å². The first-order chi connectivity index (χ1) is 15.2. The van der Waals surface area contributed by atoms with Crippen molar-refractivity contribution in [2.45, 2.75) is 19.2 Å². The molecule has 0 unspecified atom stereocenters. The van der Waals surface area contributed by atoms with E-state index in [4.69, 9.17) is 5.14 Å². The molecule has 3 rings (SSSR count). The van der Waals surface area contributed by atoms with E-state index in [0.29, 0.717) is 22.5 Å². The first-order valence-electron chi connectivity index (χ1n) is 9.80. The second-order valence-electron chi connectivity index (χ2n) is 7.28. The smallest absolute Gasteiger partial charge is 0.319 e. The third kappa shape index (κ3) is 6.93. The summed E-state index contributed by atoms with van der Waals surface area (Å²) in [6.07, 6.45) is 0. The highest BCUT2D eigenvalue weighted by atomic mass is 32.2. The number of sulfonamides is 1. The minimum absolute atomic E-state index is 0.192. The van der Waals surface area contributed by atoms with E-state index in [9.17, 15) is 18.0 Å². The van der Waals surface area contributed by atoms with Gasteiger partial charge in [0, 0.05) is 23.5 Å². The average molecular weight is 453 g/mol. The lowest BCUT2D eigenvalue weighted by atomic mass is 10.1. The Balaban J connectivity index is 1.62. The van der Waals surface area contributed by atoms with E-state index in [-0.39, 0.29) is 18.2 Å². The standard InChI is InChI=1S/C23H24N4O4S/c1-16-10-11-19(22(28)26-20-8-3-2-4-9-20)13-21(16)27-23(29)25-14-17-6-5-7-18(12-17)15-32(24,30)31/h2-13H,14-15H2,1H3,(H,26,28)(H2,24,30,31)(H2,25,27,29). The van der Waals surface area contributed by atoms with E-state index < -0.39 is 16.1 Å². The summed E-state index contributed by atoms with van der Waals surface area (Å²) in [5.74, 6) is -0.560. The number of primary sulfonamides is 1. The minimum Gasteiger partial charge on any atom is -0.334 e. The molecule has 0 fully saturated rings. The van der Waals surface area contributed by atoms with Crippen molar-refractivity contribution in [3.05, 3.63) is 95.1 Å². The molecule has 0 radical (unpaired) electrons. The zero-order valence-corrected chi connectivity index (χ0v) is 18.3. The molecular formula is C23H24N4O4S. The Labute approximate surface area is 186 Å². The van der Waals surface area contributed by atoms with Crippen LogP contribution < -0.4 is 21.1 Å². The first-order valence-corrected chi connectivity index (χ1v) is 11.5. The van der Waals surface area contributed by atoms with E-state index in [1.807, 2.05) is 25.1 Å². The molecule has 3 amide bonds. The second kappa shape index (κ2) is 10.1. The van der Waals surface area contributed by atoms with Gasteiger partial charge in [-0.3, -0.25) is 4.79 Å². The molecule has 0 aliphatic rings. The van der Waals surface area contributed by atoms with Crippen molar-refractivity contribution in [2.24, 2.45) is 5.14 Å². The van der Waals surface area contributed by atoms with Gasteiger partial charge in [0.25, 0.3) is 5.91 Å². The summed E-state index contributed by atoms with van der Waals surface area (Å²) < 4.78 is 22.5. The van der Waals surface area contributed by atoms with Gasteiger partial charge in [0.1, 0.15) is 0 Å². The lowest BCUT2D eigenvalue weighted by Gasteiger charge is -2.12. The van der Waals surface area contributed by atoms with Gasteiger partial charge in [0.15, 0.2) is 0 Å². The van der Waals surface area contributed by atoms with Gasteiger partial charge in [-0.1, -0.05) is 48.5 Å². The maximum absolute atomic E-state index is 12.5. The summed E-state index contributed by atoms with van der Waals surface area (Å²) in [6, 6.07) is 20.5. The fraction of sp³-hybridized carbons (Fsp3) is 0.130. The van der Waals surface area contributed by atoms with Gasteiger partial charge >= 0.3 is 6.03 Å². The highest BCUT2D eigenvalue weighted by Gasteiger charge is 2.11. The molecule has 9 heteroatoms. The van der Waals surface area contributed by atoms with E-state index in [0.717, 1.165) is 11.1 Å². The van der Waals surface area contributed by atoms with Gasteiger partial charge in [-0.2, -0.15) is 0 Å². The van der Waals surface area contributed by atoms with Crippen LogP contribution in [0.3, 0.4) is 0 Å². The van der Waals surface area contributed by atoms with Crippen molar-refractivity contribution >= 4 is 33.3 Å². The topological polar surface area (TPSA) is 130 Å². The number of aryl methyl sites for hydroxylation is 1. The minimum atomic E-state index is -3.63. The van der Waals surface area contributed by atoms with Crippen molar-refractivity contribution in [2.75, 3.05) is 10.6 Å². The number of anilines is 2. The Morgan fingerprint density at radius 3 is 2.31 bits per heavy atom. The molecule has 0 aliphatic heterocycles. The summed E-state index contributed by atoms with van der Waals surface area (Å²) in [5.41, 5.74) is 3.66. The second-order valence-corrected chi connectivity index (χ2v) is 8.90. The predicted octanol–water partition coefficient (Wildman–Crippen LogP) is 3.36. The molecule has 3 aromatic carbocycles. The number of hydrogen-bond acceptors (Lipinski definition) is 4. The van der Waals surface area contributed by atoms with Crippen molar-refractivity contribution in [1.29, 1.82) is 0 Å². The molecule has 3 aromatic rings. The largest absolute Gasteiger partial charge is 0.334 e. The molecule has 5 N–H and O–H groups in total. The van der Waals surface area contributed by atoms with Gasteiger partial charge in [-0.05, 0) is 47.9 Å². The zero-order chi connectivity index (χ0) is 23.1. The number of amides is 3. The Morgan fingerprint density at radius 2 is 1.59 bits per heavy atom. The SMILES string of the molecule is Cc1ccc(C(=O)Nc2ccccc2)cc1NC(=O)NCc1cccc(CS(N)(=O)=O)c1. The molecule has 0 saturated heterocycles. The number of para-hydroxylation sites is 1. The van der Waals surface area contributed by atoms with Crippen LogP contribution in [0.4, 0.5) is 16.2 Å². The van der Waals surface area contributed by atoms with Crippen LogP contribution in [0.2, 0.25) is 0 Å². The highest BCUT2D eigenvalue weighted by molar-refractivity contribution is 7.88. The van der Waals surface area contributed by atoms with E-state index in [1.54, 1.807) is 54.6 Å². The van der Waals surface area contributed by atoms with Gasteiger partial charge in [-0.15, -0.1) is 0 Å². The molecule has 0 aromatic heterocycles. The average Bonchev–Trinajstić information content (AvgIpc) is 2.73. The summed E-state index contributed by atoms with van der Waals surface area (Å²) in [7, 11) is -3.63. The van der Waals surface area contributed by atoms with Crippen LogP contribution in [0.15, 0.2) is 72.8 Å². The normalized spacial score (nSPS) is 10.9. The third-order valence-electron chi connectivity index (χ3n) is 4.59. The van der Waals surface area contributed by atoms with Gasteiger partial charge in [0.2, 0.25) is 10.0 Å². The Kier molecular flexibility index (Phi) is 7.24. The Bertz CT molecular complexity index is 1230. The lowest BCUT2D eigenvalue weighted by molar-refractivity contribution is 0.102. The maximum Gasteiger partial charge on any atom is 0.319 e. The summed E-state index contributed by atoms with van der Waals surface area (Å²) in [5, 5.41) is 13.4. The molecule has 8 nitrogen and oxygen atoms in total. The quantitative estimate of drug-likeness (QED) is 0.438. The van der Waals surface area contributed by atoms with Crippen LogP contribution in [0.5, 0.6) is 0 Å². The van der Waals surface area contributed by atoms with Crippen LogP contribution in [0, 0.1) is 6.92 Å². The molecule has 0 heterocycles. The first kappa shape index (κ1) is 23.0. The van der Waals surface area contributed by atoms with Crippen molar-refractivity contribution in [3.63, 3.8) is 0 Å². The van der Waals surface area contributed by atoms with Gasteiger partial charge < -0.3 is 16.0 Å². The number of nitrogens with one attached hydrogen (secondary N) is 3.